The smallest absolute Gasteiger partial charge is 0.184 e. The fourth-order valence-electron chi connectivity index (χ4n) is 1.89. The molecule has 0 N–H and O–H groups in total. The van der Waals surface area contributed by atoms with Crippen LogP contribution in [0.2, 0.25) is 10.0 Å². The molecule has 0 saturated carbocycles. The molecule has 1 fully saturated rings. The van der Waals surface area contributed by atoms with Gasteiger partial charge in [0.2, 0.25) is 0 Å². The predicted octanol–water partition coefficient (Wildman–Crippen LogP) is 3.95. The van der Waals surface area contributed by atoms with E-state index in [1.165, 1.54) is 11.8 Å². The molecule has 1 saturated heterocycles. The third-order valence-electron chi connectivity index (χ3n) is 2.97. The fourth-order valence-corrected chi connectivity index (χ4v) is 3.48. The largest absolute Gasteiger partial charge is 0.298 e. The standard InChI is InChI=1S/C13H12Cl2O2S/c1-7-9(14)5-4-8(11(7)15)12(17)13-10(16)3-2-6-18-13/h4-5,13H,2-3,6H2,1H3. The van der Waals surface area contributed by atoms with Gasteiger partial charge in [0.05, 0.1) is 5.02 Å². The summed E-state index contributed by atoms with van der Waals surface area (Å²) in [7, 11) is 0. The lowest BCUT2D eigenvalue weighted by Crippen LogP contribution is -2.30. The van der Waals surface area contributed by atoms with E-state index in [-0.39, 0.29) is 11.6 Å². The number of hydrogen-bond acceptors (Lipinski definition) is 3. The summed E-state index contributed by atoms with van der Waals surface area (Å²) in [6, 6.07) is 3.25. The summed E-state index contributed by atoms with van der Waals surface area (Å²) in [6.07, 6.45) is 1.33. The van der Waals surface area contributed by atoms with Gasteiger partial charge in [-0.25, -0.2) is 0 Å². The van der Waals surface area contributed by atoms with E-state index in [0.29, 0.717) is 27.6 Å². The average Bonchev–Trinajstić information content (AvgIpc) is 2.36. The molecule has 2 nitrogen and oxygen atoms in total. The van der Waals surface area contributed by atoms with Gasteiger partial charge >= 0.3 is 0 Å². The zero-order chi connectivity index (χ0) is 13.3. The number of rotatable bonds is 2. The molecular weight excluding hydrogens is 291 g/mol. The molecule has 1 heterocycles. The Hall–Kier alpha value is -0.510. The van der Waals surface area contributed by atoms with Crippen molar-refractivity contribution >= 4 is 46.5 Å². The van der Waals surface area contributed by atoms with Crippen LogP contribution in [-0.4, -0.2) is 22.6 Å². The van der Waals surface area contributed by atoms with Crippen molar-refractivity contribution in [3.05, 3.63) is 33.3 Å². The minimum absolute atomic E-state index is 0.0000743. The van der Waals surface area contributed by atoms with Crippen molar-refractivity contribution in [2.75, 3.05) is 5.75 Å². The lowest BCUT2D eigenvalue weighted by Gasteiger charge is -2.19. The van der Waals surface area contributed by atoms with Crippen molar-refractivity contribution in [1.82, 2.24) is 0 Å². The topological polar surface area (TPSA) is 34.1 Å². The molecule has 1 aromatic carbocycles. The quantitative estimate of drug-likeness (QED) is 0.613. The number of halogens is 2. The van der Waals surface area contributed by atoms with Crippen LogP contribution < -0.4 is 0 Å². The maximum absolute atomic E-state index is 12.3. The number of carbonyl (C=O) groups excluding carboxylic acids is 2. The van der Waals surface area contributed by atoms with E-state index >= 15 is 0 Å². The van der Waals surface area contributed by atoms with Crippen molar-refractivity contribution < 1.29 is 9.59 Å². The lowest BCUT2D eigenvalue weighted by atomic mass is 10.0. The summed E-state index contributed by atoms with van der Waals surface area (Å²) in [5.41, 5.74) is 1.07. The number of benzene rings is 1. The van der Waals surface area contributed by atoms with E-state index in [2.05, 4.69) is 0 Å². The van der Waals surface area contributed by atoms with Crippen molar-refractivity contribution in [3.8, 4) is 0 Å². The number of thioether (sulfide) groups is 1. The Balaban J connectivity index is 2.34. The van der Waals surface area contributed by atoms with Crippen molar-refractivity contribution in [1.29, 1.82) is 0 Å². The Kier molecular flexibility index (Phi) is 4.36. The fraction of sp³-hybridized carbons (Fsp3) is 0.385. The molecule has 0 spiro atoms. The first-order valence-electron chi connectivity index (χ1n) is 5.65. The molecule has 1 unspecified atom stereocenters. The molecule has 96 valence electrons. The van der Waals surface area contributed by atoms with Gasteiger partial charge in [0.25, 0.3) is 0 Å². The molecule has 0 amide bonds. The Morgan fingerprint density at radius 1 is 1.39 bits per heavy atom. The van der Waals surface area contributed by atoms with Gasteiger partial charge in [-0.3, -0.25) is 9.59 Å². The van der Waals surface area contributed by atoms with Gasteiger partial charge in [0.1, 0.15) is 5.25 Å². The van der Waals surface area contributed by atoms with Crippen molar-refractivity contribution in [3.63, 3.8) is 0 Å². The lowest BCUT2D eigenvalue weighted by molar-refractivity contribution is -0.118. The van der Waals surface area contributed by atoms with Crippen LogP contribution in [0.3, 0.4) is 0 Å². The summed E-state index contributed by atoms with van der Waals surface area (Å²) < 4.78 is 0. The molecule has 0 aromatic heterocycles. The third kappa shape index (κ3) is 2.58. The van der Waals surface area contributed by atoms with E-state index in [9.17, 15) is 9.59 Å². The molecule has 0 bridgehead atoms. The predicted molar refractivity (Wildman–Crippen MR) is 76.0 cm³/mol. The normalized spacial score (nSPS) is 19.9. The number of ketones is 2. The average molecular weight is 303 g/mol. The minimum Gasteiger partial charge on any atom is -0.298 e. The van der Waals surface area contributed by atoms with Gasteiger partial charge in [-0.15, -0.1) is 11.8 Å². The first-order valence-corrected chi connectivity index (χ1v) is 7.46. The maximum Gasteiger partial charge on any atom is 0.184 e. The molecule has 18 heavy (non-hydrogen) atoms. The van der Waals surface area contributed by atoms with Crippen LogP contribution in [0.15, 0.2) is 12.1 Å². The highest BCUT2D eigenvalue weighted by molar-refractivity contribution is 8.01. The van der Waals surface area contributed by atoms with Gasteiger partial charge in [0, 0.05) is 17.0 Å². The molecule has 1 aliphatic heterocycles. The van der Waals surface area contributed by atoms with Crippen LogP contribution in [0.1, 0.15) is 28.8 Å². The molecule has 1 aromatic rings. The van der Waals surface area contributed by atoms with E-state index in [0.717, 1.165) is 12.2 Å². The molecule has 5 heteroatoms. The highest BCUT2D eigenvalue weighted by Gasteiger charge is 2.31. The molecule has 0 radical (unpaired) electrons. The first-order chi connectivity index (χ1) is 8.52. The number of carbonyl (C=O) groups is 2. The van der Waals surface area contributed by atoms with Gasteiger partial charge in [-0.05, 0) is 36.8 Å². The van der Waals surface area contributed by atoms with Crippen LogP contribution in [0.25, 0.3) is 0 Å². The van der Waals surface area contributed by atoms with Crippen LogP contribution in [-0.2, 0) is 4.79 Å². The van der Waals surface area contributed by atoms with Crippen molar-refractivity contribution in [2.45, 2.75) is 25.0 Å². The maximum atomic E-state index is 12.3. The van der Waals surface area contributed by atoms with E-state index in [4.69, 9.17) is 23.2 Å². The monoisotopic (exact) mass is 302 g/mol. The van der Waals surface area contributed by atoms with Gasteiger partial charge in [-0.1, -0.05) is 23.2 Å². The van der Waals surface area contributed by atoms with Crippen LogP contribution >= 0.6 is 35.0 Å². The number of hydrogen-bond donors (Lipinski definition) is 0. The second kappa shape index (κ2) is 5.64. The van der Waals surface area contributed by atoms with Crippen LogP contribution in [0, 0.1) is 6.92 Å². The van der Waals surface area contributed by atoms with Crippen LogP contribution in [0.4, 0.5) is 0 Å². The molecular formula is C13H12Cl2O2S. The van der Waals surface area contributed by atoms with E-state index < -0.39 is 5.25 Å². The second-order valence-corrected chi connectivity index (χ2v) is 6.22. The van der Waals surface area contributed by atoms with Crippen LogP contribution in [0.5, 0.6) is 0 Å². The summed E-state index contributed by atoms with van der Waals surface area (Å²) >= 11 is 13.5. The molecule has 0 aliphatic carbocycles. The van der Waals surface area contributed by atoms with Gasteiger partial charge in [0.15, 0.2) is 11.6 Å². The summed E-state index contributed by atoms with van der Waals surface area (Å²) in [4.78, 5) is 24.1. The Morgan fingerprint density at radius 2 is 2.11 bits per heavy atom. The summed E-state index contributed by atoms with van der Waals surface area (Å²) in [5, 5.41) is 0.280. The SMILES string of the molecule is Cc1c(Cl)ccc(C(=O)C2SCCCC2=O)c1Cl. The van der Waals surface area contributed by atoms with E-state index in [1.807, 2.05) is 0 Å². The summed E-state index contributed by atoms with van der Waals surface area (Å²) in [6.45, 7) is 1.76. The third-order valence-corrected chi connectivity index (χ3v) is 5.20. The Morgan fingerprint density at radius 3 is 2.78 bits per heavy atom. The summed E-state index contributed by atoms with van der Waals surface area (Å²) in [5.74, 6) is 0.640. The van der Waals surface area contributed by atoms with Gasteiger partial charge < -0.3 is 0 Å². The highest BCUT2D eigenvalue weighted by Crippen LogP contribution is 2.32. The number of Topliss-reactive ketones (excluding diaryl/α,β-unsaturated/α-hetero) is 2. The molecule has 2 rings (SSSR count). The molecule has 1 atom stereocenters. The zero-order valence-electron chi connectivity index (χ0n) is 9.83. The second-order valence-electron chi connectivity index (χ2n) is 4.22. The first kappa shape index (κ1) is 13.9. The Bertz CT molecular complexity index is 514. The Labute approximate surface area is 120 Å². The highest BCUT2D eigenvalue weighted by atomic mass is 35.5. The zero-order valence-corrected chi connectivity index (χ0v) is 12.2. The van der Waals surface area contributed by atoms with E-state index in [1.54, 1.807) is 19.1 Å². The van der Waals surface area contributed by atoms with Crippen molar-refractivity contribution in [2.24, 2.45) is 0 Å². The van der Waals surface area contributed by atoms with Gasteiger partial charge in [-0.2, -0.15) is 0 Å². The molecule has 1 aliphatic rings. The minimum atomic E-state index is -0.600.